The van der Waals surface area contributed by atoms with Gasteiger partial charge in [0.15, 0.2) is 0 Å². The second kappa shape index (κ2) is 12.6. The number of carbonyl (C=O) groups excluding carboxylic acids is 2. The second-order valence-corrected chi connectivity index (χ2v) is 7.53. The summed E-state index contributed by atoms with van der Waals surface area (Å²) in [6.45, 7) is 5.14. The van der Waals surface area contributed by atoms with E-state index < -0.39 is 0 Å². The van der Waals surface area contributed by atoms with Crippen LogP contribution >= 0.6 is 12.4 Å². The fourth-order valence-corrected chi connectivity index (χ4v) is 3.78. The second-order valence-electron chi connectivity index (χ2n) is 7.53. The molecule has 6 nitrogen and oxygen atoms in total. The van der Waals surface area contributed by atoms with Crippen LogP contribution in [-0.2, 0) is 0 Å². The molecule has 7 heteroatoms. The average Bonchev–Trinajstić information content (AvgIpc) is 2.74. The van der Waals surface area contributed by atoms with E-state index in [0.717, 1.165) is 75.6 Å². The van der Waals surface area contributed by atoms with E-state index in [2.05, 4.69) is 10.6 Å². The van der Waals surface area contributed by atoms with Crippen molar-refractivity contribution in [2.45, 2.75) is 32.1 Å². The molecule has 0 spiro atoms. The van der Waals surface area contributed by atoms with Crippen molar-refractivity contribution in [3.05, 3.63) is 47.5 Å². The molecule has 0 fully saturated rings. The Labute approximate surface area is 185 Å². The first-order valence-corrected chi connectivity index (χ1v) is 10.7. The molecule has 0 radical (unpaired) electrons. The highest BCUT2D eigenvalue weighted by molar-refractivity contribution is 6.25. The van der Waals surface area contributed by atoms with Gasteiger partial charge in [0.1, 0.15) is 0 Å². The van der Waals surface area contributed by atoms with E-state index in [1.54, 1.807) is 0 Å². The molecule has 0 aliphatic carbocycles. The zero-order valence-corrected chi connectivity index (χ0v) is 18.3. The van der Waals surface area contributed by atoms with E-state index >= 15 is 0 Å². The van der Waals surface area contributed by atoms with Crippen LogP contribution in [0.1, 0.15) is 52.8 Å². The Kier molecular flexibility index (Phi) is 10.2. The molecule has 0 bridgehead atoms. The fourth-order valence-electron chi connectivity index (χ4n) is 3.78. The average molecular weight is 433 g/mol. The quantitative estimate of drug-likeness (QED) is 0.334. The lowest BCUT2D eigenvalue weighted by Gasteiger charge is -2.27. The lowest BCUT2D eigenvalue weighted by atomic mass is 9.94. The number of hydrogen-bond acceptors (Lipinski definition) is 5. The summed E-state index contributed by atoms with van der Waals surface area (Å²) in [5.41, 5.74) is 6.73. The predicted molar refractivity (Wildman–Crippen MR) is 124 cm³/mol. The number of imide groups is 1. The molecule has 0 aromatic heterocycles. The monoisotopic (exact) mass is 432 g/mol. The highest BCUT2D eigenvalue weighted by Crippen LogP contribution is 2.29. The van der Waals surface area contributed by atoms with Gasteiger partial charge in [0.05, 0.1) is 0 Å². The molecule has 0 saturated carbocycles. The molecule has 164 valence electrons. The number of halogens is 1. The third-order valence-corrected chi connectivity index (χ3v) is 5.36. The van der Waals surface area contributed by atoms with Crippen LogP contribution in [0.25, 0.3) is 10.8 Å². The zero-order valence-electron chi connectivity index (χ0n) is 17.5. The van der Waals surface area contributed by atoms with Gasteiger partial charge in [-0.05, 0) is 82.3 Å². The van der Waals surface area contributed by atoms with Crippen LogP contribution in [0.5, 0.6) is 0 Å². The molecule has 1 aliphatic heterocycles. The topological polar surface area (TPSA) is 87.5 Å². The molecular weight excluding hydrogens is 400 g/mol. The SMILES string of the molecule is Cl.NCCCNCCCCNCCCCN1C(=O)c2cccc3cccc(c23)C1=O. The van der Waals surface area contributed by atoms with Gasteiger partial charge in [-0.3, -0.25) is 14.5 Å². The minimum absolute atomic E-state index is 0. The number of rotatable bonds is 13. The lowest BCUT2D eigenvalue weighted by molar-refractivity contribution is 0.0608. The number of hydrogen-bond donors (Lipinski definition) is 3. The van der Waals surface area contributed by atoms with E-state index in [4.69, 9.17) is 5.73 Å². The summed E-state index contributed by atoms with van der Waals surface area (Å²) < 4.78 is 0. The molecule has 3 rings (SSSR count). The number of nitrogens with zero attached hydrogens (tertiary/aromatic N) is 1. The summed E-state index contributed by atoms with van der Waals surface area (Å²) in [5.74, 6) is -0.344. The van der Waals surface area contributed by atoms with Crippen LogP contribution in [0.15, 0.2) is 36.4 Å². The van der Waals surface area contributed by atoms with Crippen molar-refractivity contribution >= 4 is 35.0 Å². The van der Waals surface area contributed by atoms with Crippen LogP contribution in [0.3, 0.4) is 0 Å². The van der Waals surface area contributed by atoms with Crippen LogP contribution in [0.2, 0.25) is 0 Å². The Morgan fingerprint density at radius 3 is 1.77 bits per heavy atom. The molecule has 2 aromatic carbocycles. The summed E-state index contributed by atoms with van der Waals surface area (Å²) in [6.07, 6.45) is 5.07. The largest absolute Gasteiger partial charge is 0.330 e. The van der Waals surface area contributed by atoms with Crippen LogP contribution < -0.4 is 16.4 Å². The van der Waals surface area contributed by atoms with Gasteiger partial charge < -0.3 is 16.4 Å². The first-order chi connectivity index (χ1) is 14.2. The Bertz CT molecular complexity index is 792. The van der Waals surface area contributed by atoms with E-state index in [9.17, 15) is 9.59 Å². The number of amides is 2. The van der Waals surface area contributed by atoms with Crippen molar-refractivity contribution in [3.8, 4) is 0 Å². The van der Waals surface area contributed by atoms with E-state index in [1.165, 1.54) is 4.90 Å². The normalized spacial score (nSPS) is 13.0. The highest BCUT2D eigenvalue weighted by atomic mass is 35.5. The number of nitrogens with two attached hydrogens (primary N) is 1. The fraction of sp³-hybridized carbons (Fsp3) is 0.478. The van der Waals surface area contributed by atoms with Crippen molar-refractivity contribution in [3.63, 3.8) is 0 Å². The first kappa shape index (κ1) is 24.3. The Morgan fingerprint density at radius 2 is 1.23 bits per heavy atom. The summed E-state index contributed by atoms with van der Waals surface area (Å²) >= 11 is 0. The first-order valence-electron chi connectivity index (χ1n) is 10.7. The number of benzene rings is 2. The predicted octanol–water partition coefficient (Wildman–Crippen LogP) is 2.95. The van der Waals surface area contributed by atoms with Crippen molar-refractivity contribution < 1.29 is 9.59 Å². The summed E-state index contributed by atoms with van der Waals surface area (Å²) in [5, 5.41) is 8.56. The van der Waals surface area contributed by atoms with E-state index in [-0.39, 0.29) is 24.2 Å². The maximum absolute atomic E-state index is 12.8. The third kappa shape index (κ3) is 6.01. The highest BCUT2D eigenvalue weighted by Gasteiger charge is 2.31. The minimum atomic E-state index is -0.172. The molecule has 0 saturated heterocycles. The van der Waals surface area contributed by atoms with Gasteiger partial charge in [0, 0.05) is 23.1 Å². The van der Waals surface area contributed by atoms with Crippen molar-refractivity contribution in [2.24, 2.45) is 5.73 Å². The molecule has 1 aliphatic rings. The van der Waals surface area contributed by atoms with Gasteiger partial charge in [0.25, 0.3) is 11.8 Å². The van der Waals surface area contributed by atoms with Crippen molar-refractivity contribution in [2.75, 3.05) is 39.3 Å². The van der Waals surface area contributed by atoms with Crippen LogP contribution in [0, 0.1) is 0 Å². The standard InChI is InChI=1S/C23H32N4O2.ClH/c24-12-7-16-26-14-2-1-13-25-15-3-4-17-27-22(28)19-10-5-8-18-9-6-11-20(21(18)19)23(27)29;/h5-6,8-11,25-26H,1-4,7,12-17,24H2;1H. The number of carbonyl (C=O) groups is 2. The van der Waals surface area contributed by atoms with Crippen molar-refractivity contribution in [1.82, 2.24) is 15.5 Å². The maximum atomic E-state index is 12.8. The molecule has 1 heterocycles. The molecule has 2 aromatic rings. The lowest BCUT2D eigenvalue weighted by Crippen LogP contribution is -2.41. The van der Waals surface area contributed by atoms with E-state index in [1.807, 2.05) is 36.4 Å². The van der Waals surface area contributed by atoms with Gasteiger partial charge in [-0.2, -0.15) is 0 Å². The van der Waals surface area contributed by atoms with Gasteiger partial charge in [-0.1, -0.05) is 24.3 Å². The number of nitrogens with one attached hydrogen (secondary N) is 2. The van der Waals surface area contributed by atoms with Crippen LogP contribution in [-0.4, -0.2) is 56.0 Å². The summed E-state index contributed by atoms with van der Waals surface area (Å²) in [6, 6.07) is 11.3. The summed E-state index contributed by atoms with van der Waals surface area (Å²) in [7, 11) is 0. The van der Waals surface area contributed by atoms with Gasteiger partial charge >= 0.3 is 0 Å². The Balaban J connectivity index is 0.00000320. The Hall–Kier alpha value is -1.99. The molecule has 0 atom stereocenters. The smallest absolute Gasteiger partial charge is 0.261 e. The maximum Gasteiger partial charge on any atom is 0.261 e. The third-order valence-electron chi connectivity index (χ3n) is 5.36. The van der Waals surface area contributed by atoms with Gasteiger partial charge in [-0.25, -0.2) is 0 Å². The van der Waals surface area contributed by atoms with Crippen molar-refractivity contribution in [1.29, 1.82) is 0 Å². The molecule has 30 heavy (non-hydrogen) atoms. The van der Waals surface area contributed by atoms with Crippen LogP contribution in [0.4, 0.5) is 0 Å². The minimum Gasteiger partial charge on any atom is -0.330 e. The van der Waals surface area contributed by atoms with Gasteiger partial charge in [0.2, 0.25) is 0 Å². The molecule has 4 N–H and O–H groups in total. The summed E-state index contributed by atoms with van der Waals surface area (Å²) in [4.78, 5) is 27.1. The van der Waals surface area contributed by atoms with E-state index in [0.29, 0.717) is 17.7 Å². The van der Waals surface area contributed by atoms with Gasteiger partial charge in [-0.15, -0.1) is 12.4 Å². The molecule has 0 unspecified atom stereocenters. The Morgan fingerprint density at radius 1 is 0.733 bits per heavy atom. The molecular formula is C23H33ClN4O2. The molecule has 2 amide bonds. The zero-order chi connectivity index (χ0) is 20.5. The number of unbranched alkanes of at least 4 members (excludes halogenated alkanes) is 2.